The van der Waals surface area contributed by atoms with Crippen LogP contribution in [0.1, 0.15) is 15.2 Å². The van der Waals surface area contributed by atoms with Crippen molar-refractivity contribution in [1.82, 2.24) is 0 Å². The zero-order valence-electron chi connectivity index (χ0n) is 9.06. The van der Waals surface area contributed by atoms with Gasteiger partial charge in [0.05, 0.1) is 6.61 Å². The molecule has 88 valence electrons. The maximum absolute atomic E-state index is 11.7. The van der Waals surface area contributed by atoms with Crippen molar-refractivity contribution in [3.8, 4) is 0 Å². The van der Waals surface area contributed by atoms with Crippen molar-refractivity contribution in [2.24, 2.45) is 0 Å². The van der Waals surface area contributed by atoms with E-state index in [9.17, 15) is 4.79 Å². The molecule has 0 bridgehead atoms. The number of thiophene rings is 1. The minimum Gasteiger partial charge on any atom is -0.368 e. The molecule has 0 aliphatic carbocycles. The van der Waals surface area contributed by atoms with Crippen molar-refractivity contribution in [3.63, 3.8) is 0 Å². The van der Waals surface area contributed by atoms with Crippen LogP contribution in [-0.2, 0) is 11.3 Å². The lowest BCUT2D eigenvalue weighted by atomic mass is 10.1. The highest BCUT2D eigenvalue weighted by molar-refractivity contribution is 9.10. The first kappa shape index (κ1) is 12.5. The first-order valence-corrected chi connectivity index (χ1v) is 6.82. The number of rotatable bonds is 5. The van der Waals surface area contributed by atoms with Crippen LogP contribution in [0.5, 0.6) is 0 Å². The summed E-state index contributed by atoms with van der Waals surface area (Å²) in [6.45, 7) is 0.624. The fourth-order valence-corrected chi connectivity index (χ4v) is 2.26. The number of ether oxygens (including phenoxy) is 1. The Morgan fingerprint density at radius 2 is 2.00 bits per heavy atom. The lowest BCUT2D eigenvalue weighted by Crippen LogP contribution is -2.08. The molecule has 0 unspecified atom stereocenters. The molecule has 2 aromatic rings. The largest absolute Gasteiger partial charge is 0.368 e. The number of benzene rings is 1. The van der Waals surface area contributed by atoms with Crippen LogP contribution in [0, 0.1) is 0 Å². The summed E-state index contributed by atoms with van der Waals surface area (Å²) in [5.74, 6) is 0.00839. The zero-order chi connectivity index (χ0) is 12.1. The Kier molecular flexibility index (Phi) is 4.48. The summed E-state index contributed by atoms with van der Waals surface area (Å²) in [7, 11) is 0. The van der Waals surface area contributed by atoms with Gasteiger partial charge >= 0.3 is 0 Å². The van der Waals surface area contributed by atoms with Crippen LogP contribution in [0.2, 0.25) is 0 Å². The number of hydrogen-bond acceptors (Lipinski definition) is 3. The van der Waals surface area contributed by atoms with E-state index in [1.165, 1.54) is 0 Å². The summed E-state index contributed by atoms with van der Waals surface area (Å²) in [5.41, 5.74) is 0.680. The Labute approximate surface area is 112 Å². The molecule has 0 saturated heterocycles. The van der Waals surface area contributed by atoms with Gasteiger partial charge < -0.3 is 4.74 Å². The van der Waals surface area contributed by atoms with Crippen molar-refractivity contribution in [2.75, 3.05) is 6.61 Å². The van der Waals surface area contributed by atoms with Gasteiger partial charge in [0.1, 0.15) is 6.61 Å². The molecule has 17 heavy (non-hydrogen) atoms. The summed E-state index contributed by atoms with van der Waals surface area (Å²) < 4.78 is 6.34. The third kappa shape index (κ3) is 3.77. The third-order valence-corrected chi connectivity index (χ3v) is 3.60. The monoisotopic (exact) mass is 310 g/mol. The smallest absolute Gasteiger partial charge is 0.188 e. The van der Waals surface area contributed by atoms with Crippen LogP contribution >= 0.6 is 27.3 Å². The fourth-order valence-electron chi connectivity index (χ4n) is 1.36. The van der Waals surface area contributed by atoms with E-state index in [4.69, 9.17) is 4.74 Å². The Morgan fingerprint density at radius 3 is 2.65 bits per heavy atom. The Hall–Kier alpha value is -0.970. The van der Waals surface area contributed by atoms with Crippen molar-refractivity contribution >= 4 is 33.0 Å². The number of hydrogen-bond donors (Lipinski definition) is 0. The number of halogens is 1. The first-order chi connectivity index (χ1) is 8.25. The van der Waals surface area contributed by atoms with Gasteiger partial charge in [-0.3, -0.25) is 4.79 Å². The van der Waals surface area contributed by atoms with E-state index in [1.54, 1.807) is 23.5 Å². The van der Waals surface area contributed by atoms with Gasteiger partial charge in [0, 0.05) is 14.9 Å². The predicted molar refractivity (Wildman–Crippen MR) is 72.4 cm³/mol. The van der Waals surface area contributed by atoms with Crippen molar-refractivity contribution in [3.05, 3.63) is 56.7 Å². The van der Waals surface area contributed by atoms with Gasteiger partial charge in [0.25, 0.3) is 0 Å². The standard InChI is InChI=1S/C13H11BrO2S/c14-11-5-3-10(4-6-11)13(15)9-16-8-12-2-1-7-17-12/h1-7H,8-9H2. The second kappa shape index (κ2) is 6.10. The van der Waals surface area contributed by atoms with E-state index >= 15 is 0 Å². The van der Waals surface area contributed by atoms with Gasteiger partial charge in [0.2, 0.25) is 0 Å². The molecule has 0 spiro atoms. The molecule has 0 amide bonds. The minimum absolute atomic E-state index is 0.00839. The van der Waals surface area contributed by atoms with Gasteiger partial charge in [-0.2, -0.15) is 0 Å². The second-order valence-corrected chi connectivity index (χ2v) is 5.45. The Balaban J connectivity index is 1.83. The molecule has 0 N–H and O–H groups in total. The molecule has 0 atom stereocenters. The number of ketones is 1. The molecule has 2 rings (SSSR count). The number of carbonyl (C=O) groups is 1. The van der Waals surface area contributed by atoms with Gasteiger partial charge in [-0.1, -0.05) is 34.1 Å². The summed E-state index contributed by atoms with van der Waals surface area (Å²) in [4.78, 5) is 12.9. The highest BCUT2D eigenvalue weighted by atomic mass is 79.9. The molecular weight excluding hydrogens is 300 g/mol. The van der Waals surface area contributed by atoms with E-state index in [0.717, 1.165) is 9.35 Å². The summed E-state index contributed by atoms with van der Waals surface area (Å²) in [6.07, 6.45) is 0. The molecule has 1 aromatic heterocycles. The molecule has 0 radical (unpaired) electrons. The summed E-state index contributed by atoms with van der Waals surface area (Å²) in [5, 5.41) is 2.00. The fraction of sp³-hybridized carbons (Fsp3) is 0.154. The van der Waals surface area contributed by atoms with Crippen molar-refractivity contribution < 1.29 is 9.53 Å². The SMILES string of the molecule is O=C(COCc1cccs1)c1ccc(Br)cc1. The predicted octanol–water partition coefficient (Wildman–Crippen LogP) is 3.91. The first-order valence-electron chi connectivity index (χ1n) is 5.14. The second-order valence-electron chi connectivity index (χ2n) is 3.50. The van der Waals surface area contributed by atoms with Crippen LogP contribution in [0.3, 0.4) is 0 Å². The van der Waals surface area contributed by atoms with Crippen LogP contribution in [-0.4, -0.2) is 12.4 Å². The minimum atomic E-state index is 0.00839. The van der Waals surface area contributed by atoms with Gasteiger partial charge in [-0.05, 0) is 23.6 Å². The summed E-state index contributed by atoms with van der Waals surface area (Å²) in [6, 6.07) is 11.3. The molecule has 1 aromatic carbocycles. The van der Waals surface area contributed by atoms with Gasteiger partial charge in [-0.15, -0.1) is 11.3 Å². The van der Waals surface area contributed by atoms with E-state index in [1.807, 2.05) is 29.6 Å². The molecular formula is C13H11BrO2S. The molecule has 2 nitrogen and oxygen atoms in total. The van der Waals surface area contributed by atoms with Crippen molar-refractivity contribution in [2.45, 2.75) is 6.61 Å². The molecule has 0 aliphatic rings. The maximum atomic E-state index is 11.7. The van der Waals surface area contributed by atoms with Gasteiger partial charge in [0.15, 0.2) is 5.78 Å². The Morgan fingerprint density at radius 1 is 1.24 bits per heavy atom. The maximum Gasteiger partial charge on any atom is 0.188 e. The normalized spacial score (nSPS) is 10.4. The van der Waals surface area contributed by atoms with Crippen molar-refractivity contribution in [1.29, 1.82) is 0 Å². The van der Waals surface area contributed by atoms with E-state index in [-0.39, 0.29) is 12.4 Å². The van der Waals surface area contributed by atoms with E-state index in [0.29, 0.717) is 12.2 Å². The average Bonchev–Trinajstić information content (AvgIpc) is 2.83. The van der Waals surface area contributed by atoms with E-state index < -0.39 is 0 Å². The molecule has 0 fully saturated rings. The quantitative estimate of drug-likeness (QED) is 0.783. The van der Waals surface area contributed by atoms with Crippen LogP contribution in [0.4, 0.5) is 0 Å². The zero-order valence-corrected chi connectivity index (χ0v) is 11.5. The topological polar surface area (TPSA) is 26.3 Å². The van der Waals surface area contributed by atoms with Crippen LogP contribution < -0.4 is 0 Å². The van der Waals surface area contributed by atoms with E-state index in [2.05, 4.69) is 15.9 Å². The van der Waals surface area contributed by atoms with Crippen LogP contribution in [0.25, 0.3) is 0 Å². The van der Waals surface area contributed by atoms with Crippen LogP contribution in [0.15, 0.2) is 46.3 Å². The summed E-state index contributed by atoms with van der Waals surface area (Å²) >= 11 is 4.96. The lowest BCUT2D eigenvalue weighted by Gasteiger charge is -2.02. The molecule has 0 aliphatic heterocycles. The molecule has 0 saturated carbocycles. The third-order valence-electron chi connectivity index (χ3n) is 2.22. The Bertz CT molecular complexity index is 477. The number of Topliss-reactive ketones (excluding diaryl/α,β-unsaturated/α-hetero) is 1. The highest BCUT2D eigenvalue weighted by Crippen LogP contribution is 2.12. The number of carbonyl (C=O) groups excluding carboxylic acids is 1. The van der Waals surface area contributed by atoms with Gasteiger partial charge in [-0.25, -0.2) is 0 Å². The molecule has 1 heterocycles. The average molecular weight is 311 g/mol. The molecule has 4 heteroatoms. The lowest BCUT2D eigenvalue weighted by molar-refractivity contribution is 0.0731. The highest BCUT2D eigenvalue weighted by Gasteiger charge is 2.05.